The van der Waals surface area contributed by atoms with Gasteiger partial charge in [-0.05, 0) is 50.8 Å². The quantitative estimate of drug-likeness (QED) is 0.667. The van der Waals surface area contributed by atoms with E-state index in [1.807, 2.05) is 21.3 Å². The number of thioether (sulfide) groups is 1. The Kier molecular flexibility index (Phi) is 6.65. The van der Waals surface area contributed by atoms with E-state index in [-0.39, 0.29) is 17.7 Å². The Bertz CT molecular complexity index is 959. The van der Waals surface area contributed by atoms with E-state index in [2.05, 4.69) is 42.2 Å². The number of aryl methyl sites for hydroxylation is 3. The number of nitrogens with zero attached hydrogens (tertiary/aromatic N) is 5. The SMILES string of the molecule is Cc1ccc(C)c(-n2c(C)nnc2SCC(=O)N2CCN(C(=O)C3CCCC3)CC2)c1. The van der Waals surface area contributed by atoms with Crippen molar-refractivity contribution in [2.75, 3.05) is 31.9 Å². The maximum atomic E-state index is 12.8. The van der Waals surface area contributed by atoms with Gasteiger partial charge in [0.1, 0.15) is 5.82 Å². The van der Waals surface area contributed by atoms with Crippen LogP contribution in [0, 0.1) is 26.7 Å². The number of carbonyl (C=O) groups excluding carboxylic acids is 2. The summed E-state index contributed by atoms with van der Waals surface area (Å²) in [6, 6.07) is 6.31. The molecule has 1 aliphatic heterocycles. The molecule has 4 rings (SSSR count). The van der Waals surface area contributed by atoms with Gasteiger partial charge in [0.05, 0.1) is 11.4 Å². The van der Waals surface area contributed by atoms with E-state index in [9.17, 15) is 9.59 Å². The van der Waals surface area contributed by atoms with E-state index in [1.54, 1.807) is 0 Å². The molecule has 31 heavy (non-hydrogen) atoms. The molecule has 2 heterocycles. The van der Waals surface area contributed by atoms with E-state index in [0.29, 0.717) is 31.9 Å². The third-order valence-electron chi connectivity index (χ3n) is 6.37. The fourth-order valence-corrected chi connectivity index (χ4v) is 5.39. The summed E-state index contributed by atoms with van der Waals surface area (Å²) in [5, 5.41) is 9.29. The van der Waals surface area contributed by atoms with Crippen LogP contribution in [-0.4, -0.2) is 68.3 Å². The molecule has 7 nitrogen and oxygen atoms in total. The molecule has 0 unspecified atom stereocenters. The number of piperazine rings is 1. The number of hydrogen-bond acceptors (Lipinski definition) is 5. The second-order valence-electron chi connectivity index (χ2n) is 8.63. The highest BCUT2D eigenvalue weighted by atomic mass is 32.2. The Morgan fingerprint density at radius 1 is 1.00 bits per heavy atom. The lowest BCUT2D eigenvalue weighted by molar-refractivity contribution is -0.141. The van der Waals surface area contributed by atoms with Crippen molar-refractivity contribution in [1.82, 2.24) is 24.6 Å². The molecule has 1 saturated heterocycles. The maximum absolute atomic E-state index is 12.8. The highest BCUT2D eigenvalue weighted by Gasteiger charge is 2.30. The molecule has 0 bridgehead atoms. The monoisotopic (exact) mass is 441 g/mol. The molecule has 1 saturated carbocycles. The van der Waals surface area contributed by atoms with Crippen LogP contribution in [0.4, 0.5) is 0 Å². The zero-order chi connectivity index (χ0) is 22.0. The van der Waals surface area contributed by atoms with Gasteiger partial charge in [0, 0.05) is 32.1 Å². The summed E-state index contributed by atoms with van der Waals surface area (Å²) in [5.41, 5.74) is 3.37. The summed E-state index contributed by atoms with van der Waals surface area (Å²) >= 11 is 1.42. The Hall–Kier alpha value is -2.35. The largest absolute Gasteiger partial charge is 0.339 e. The summed E-state index contributed by atoms with van der Waals surface area (Å²) in [4.78, 5) is 29.3. The van der Waals surface area contributed by atoms with Crippen molar-refractivity contribution in [3.8, 4) is 5.69 Å². The van der Waals surface area contributed by atoms with Gasteiger partial charge in [0.2, 0.25) is 11.8 Å². The lowest BCUT2D eigenvalue weighted by atomic mass is 10.1. The lowest BCUT2D eigenvalue weighted by Gasteiger charge is -2.36. The number of rotatable bonds is 5. The van der Waals surface area contributed by atoms with Crippen molar-refractivity contribution in [1.29, 1.82) is 0 Å². The van der Waals surface area contributed by atoms with Gasteiger partial charge in [0.15, 0.2) is 5.16 Å². The van der Waals surface area contributed by atoms with Gasteiger partial charge in [0.25, 0.3) is 0 Å². The van der Waals surface area contributed by atoms with Crippen LogP contribution in [0.15, 0.2) is 23.4 Å². The number of amides is 2. The second-order valence-corrected chi connectivity index (χ2v) is 9.57. The predicted molar refractivity (Wildman–Crippen MR) is 121 cm³/mol. The van der Waals surface area contributed by atoms with Crippen molar-refractivity contribution < 1.29 is 9.59 Å². The first-order chi connectivity index (χ1) is 14.9. The molecule has 2 amide bonds. The molecule has 0 atom stereocenters. The second kappa shape index (κ2) is 9.42. The smallest absolute Gasteiger partial charge is 0.233 e. The van der Waals surface area contributed by atoms with E-state index in [1.165, 1.54) is 17.3 Å². The minimum absolute atomic E-state index is 0.0890. The normalized spacial score (nSPS) is 17.4. The molecule has 1 aliphatic carbocycles. The van der Waals surface area contributed by atoms with E-state index in [4.69, 9.17) is 0 Å². The van der Waals surface area contributed by atoms with Crippen molar-refractivity contribution in [3.63, 3.8) is 0 Å². The van der Waals surface area contributed by atoms with Gasteiger partial charge >= 0.3 is 0 Å². The topological polar surface area (TPSA) is 71.3 Å². The van der Waals surface area contributed by atoms with E-state index < -0.39 is 0 Å². The predicted octanol–water partition coefficient (Wildman–Crippen LogP) is 3.15. The summed E-state index contributed by atoms with van der Waals surface area (Å²) in [7, 11) is 0. The van der Waals surface area contributed by atoms with Gasteiger partial charge in [-0.3, -0.25) is 14.2 Å². The Balaban J connectivity index is 1.35. The lowest BCUT2D eigenvalue weighted by Crippen LogP contribution is -2.52. The standard InChI is InChI=1S/C23H31N5O2S/c1-16-8-9-17(2)20(14-16)28-18(3)24-25-23(28)31-15-21(29)26-10-12-27(13-11-26)22(30)19-6-4-5-7-19/h8-9,14,19H,4-7,10-13,15H2,1-3H3. The van der Waals surface area contributed by atoms with Crippen molar-refractivity contribution in [2.24, 2.45) is 5.92 Å². The van der Waals surface area contributed by atoms with Crippen LogP contribution < -0.4 is 0 Å². The van der Waals surface area contributed by atoms with Crippen LogP contribution in [0.1, 0.15) is 42.6 Å². The average molecular weight is 442 g/mol. The molecule has 2 fully saturated rings. The number of carbonyl (C=O) groups is 2. The third-order valence-corrected chi connectivity index (χ3v) is 7.29. The third kappa shape index (κ3) is 4.79. The first-order valence-corrected chi connectivity index (χ1v) is 12.1. The van der Waals surface area contributed by atoms with Gasteiger partial charge < -0.3 is 9.80 Å². The van der Waals surface area contributed by atoms with Crippen LogP contribution in [0.3, 0.4) is 0 Å². The maximum Gasteiger partial charge on any atom is 0.233 e. The number of aromatic nitrogens is 3. The molecule has 166 valence electrons. The highest BCUT2D eigenvalue weighted by Crippen LogP contribution is 2.28. The van der Waals surface area contributed by atoms with Crippen LogP contribution >= 0.6 is 11.8 Å². The first-order valence-electron chi connectivity index (χ1n) is 11.1. The molecule has 0 N–H and O–H groups in total. The fraction of sp³-hybridized carbons (Fsp3) is 0.565. The molecular weight excluding hydrogens is 410 g/mol. The number of hydrogen-bond donors (Lipinski definition) is 0. The zero-order valence-electron chi connectivity index (χ0n) is 18.6. The highest BCUT2D eigenvalue weighted by molar-refractivity contribution is 7.99. The molecule has 8 heteroatoms. The van der Waals surface area contributed by atoms with Crippen LogP contribution in [-0.2, 0) is 9.59 Å². The molecule has 0 radical (unpaired) electrons. The van der Waals surface area contributed by atoms with Crippen molar-refractivity contribution >= 4 is 23.6 Å². The van der Waals surface area contributed by atoms with Crippen molar-refractivity contribution in [2.45, 2.75) is 51.6 Å². The minimum Gasteiger partial charge on any atom is -0.339 e. The van der Waals surface area contributed by atoms with Crippen molar-refractivity contribution in [3.05, 3.63) is 35.2 Å². The van der Waals surface area contributed by atoms with Crippen LogP contribution in [0.25, 0.3) is 5.69 Å². The summed E-state index contributed by atoms with van der Waals surface area (Å²) in [6.45, 7) is 8.58. The molecule has 0 spiro atoms. The molecule has 1 aromatic heterocycles. The molecule has 2 aromatic rings. The van der Waals surface area contributed by atoms with Gasteiger partial charge in [-0.25, -0.2) is 0 Å². The Morgan fingerprint density at radius 3 is 2.39 bits per heavy atom. The molecule has 1 aromatic carbocycles. The summed E-state index contributed by atoms with van der Waals surface area (Å²) in [5.74, 6) is 1.71. The molecule has 2 aliphatic rings. The van der Waals surface area contributed by atoms with Gasteiger partial charge in [-0.15, -0.1) is 10.2 Å². The zero-order valence-corrected chi connectivity index (χ0v) is 19.5. The Morgan fingerprint density at radius 2 is 1.68 bits per heavy atom. The number of benzene rings is 1. The first kappa shape index (κ1) is 21.9. The van der Waals surface area contributed by atoms with Crippen LogP contribution in [0.2, 0.25) is 0 Å². The van der Waals surface area contributed by atoms with E-state index in [0.717, 1.165) is 47.9 Å². The average Bonchev–Trinajstić information content (AvgIpc) is 3.43. The van der Waals surface area contributed by atoms with Crippen LogP contribution in [0.5, 0.6) is 0 Å². The van der Waals surface area contributed by atoms with Gasteiger partial charge in [-0.1, -0.05) is 36.7 Å². The van der Waals surface area contributed by atoms with Gasteiger partial charge in [-0.2, -0.15) is 0 Å². The minimum atomic E-state index is 0.0890. The molecular formula is C23H31N5O2S. The Labute approximate surface area is 188 Å². The van der Waals surface area contributed by atoms with E-state index >= 15 is 0 Å². The summed E-state index contributed by atoms with van der Waals surface area (Å²) < 4.78 is 2.03. The summed E-state index contributed by atoms with van der Waals surface area (Å²) in [6.07, 6.45) is 4.38. The fourth-order valence-electron chi connectivity index (χ4n) is 4.50.